The van der Waals surface area contributed by atoms with E-state index in [0.717, 1.165) is 28.5 Å². The van der Waals surface area contributed by atoms with Gasteiger partial charge in [0.15, 0.2) is 0 Å². The van der Waals surface area contributed by atoms with E-state index < -0.39 is 11.8 Å². The summed E-state index contributed by atoms with van der Waals surface area (Å²) in [4.78, 5) is 29.4. The van der Waals surface area contributed by atoms with Gasteiger partial charge < -0.3 is 0 Å². The number of nitrogens with zero attached hydrogens (tertiary/aromatic N) is 2. The molecule has 36 heavy (non-hydrogen) atoms. The molecule has 6 nitrogen and oxygen atoms in total. The van der Waals surface area contributed by atoms with Gasteiger partial charge in [0.25, 0.3) is 5.91 Å². The zero-order valence-electron chi connectivity index (χ0n) is 19.3. The minimum absolute atomic E-state index is 0.0475. The van der Waals surface area contributed by atoms with Crippen molar-refractivity contribution in [3.8, 4) is 28.5 Å². The van der Waals surface area contributed by atoms with Crippen LogP contribution in [0.2, 0.25) is 5.02 Å². The smallest absolute Gasteiger partial charge is 0.269 e. The first-order chi connectivity index (χ1) is 17.4. The highest BCUT2D eigenvalue weighted by atomic mass is 35.5. The van der Waals surface area contributed by atoms with Gasteiger partial charge in [0.2, 0.25) is 5.91 Å². The van der Waals surface area contributed by atoms with Gasteiger partial charge in [-0.05, 0) is 42.8 Å². The summed E-state index contributed by atoms with van der Waals surface area (Å²) >= 11 is 7.18. The number of carbonyl (C=O) groups excluding carboxylic acids is 2. The summed E-state index contributed by atoms with van der Waals surface area (Å²) in [6.07, 6.45) is 0. The maximum atomic E-state index is 12.5. The quantitative estimate of drug-likeness (QED) is 0.251. The number of hydrogen-bond donors (Lipinski definition) is 2. The lowest BCUT2D eigenvalue weighted by Gasteiger charge is -2.13. The Morgan fingerprint density at radius 3 is 2.31 bits per heavy atom. The number of amides is 2. The molecule has 0 atom stereocenters. The van der Waals surface area contributed by atoms with E-state index in [2.05, 4.69) is 21.9 Å². The van der Waals surface area contributed by atoms with E-state index in [1.54, 1.807) is 24.3 Å². The molecule has 2 N–H and O–H groups in total. The Bertz CT molecular complexity index is 1430. The minimum atomic E-state index is -0.427. The number of nitriles is 1. The van der Waals surface area contributed by atoms with Crippen molar-refractivity contribution in [2.24, 2.45) is 0 Å². The summed E-state index contributed by atoms with van der Waals surface area (Å²) in [6, 6.07) is 27.9. The number of carbonyl (C=O) groups is 2. The van der Waals surface area contributed by atoms with Crippen molar-refractivity contribution in [1.29, 1.82) is 5.26 Å². The van der Waals surface area contributed by atoms with Crippen molar-refractivity contribution in [2.75, 3.05) is 5.75 Å². The molecule has 0 unspecified atom stereocenters. The highest BCUT2D eigenvalue weighted by molar-refractivity contribution is 8.00. The third-order valence-corrected chi connectivity index (χ3v) is 6.52. The lowest BCUT2D eigenvalue weighted by molar-refractivity contribution is -0.119. The monoisotopic (exact) mass is 512 g/mol. The molecule has 0 saturated heterocycles. The second-order valence-electron chi connectivity index (χ2n) is 7.88. The van der Waals surface area contributed by atoms with E-state index in [-0.39, 0.29) is 5.75 Å². The molecule has 1 heterocycles. The van der Waals surface area contributed by atoms with E-state index in [9.17, 15) is 14.9 Å². The van der Waals surface area contributed by atoms with Gasteiger partial charge in [0, 0.05) is 21.7 Å². The van der Waals surface area contributed by atoms with Crippen LogP contribution in [0, 0.1) is 18.3 Å². The minimum Gasteiger partial charge on any atom is -0.272 e. The Labute approximate surface area is 218 Å². The van der Waals surface area contributed by atoms with E-state index in [1.807, 2.05) is 67.6 Å². The third kappa shape index (κ3) is 6.11. The van der Waals surface area contributed by atoms with Crippen LogP contribution in [0.25, 0.3) is 22.4 Å². The van der Waals surface area contributed by atoms with Gasteiger partial charge in [0.1, 0.15) is 11.1 Å². The number of halogens is 1. The molecule has 1 aromatic heterocycles. The van der Waals surface area contributed by atoms with Crippen LogP contribution in [0.15, 0.2) is 90.0 Å². The Morgan fingerprint density at radius 2 is 1.64 bits per heavy atom. The Morgan fingerprint density at radius 1 is 0.944 bits per heavy atom. The van der Waals surface area contributed by atoms with E-state index in [4.69, 9.17) is 11.6 Å². The van der Waals surface area contributed by atoms with Crippen LogP contribution in [0.5, 0.6) is 0 Å². The van der Waals surface area contributed by atoms with Crippen LogP contribution in [-0.4, -0.2) is 22.6 Å². The number of pyridine rings is 1. The molecule has 178 valence electrons. The van der Waals surface area contributed by atoms with E-state index >= 15 is 0 Å². The predicted molar refractivity (Wildman–Crippen MR) is 142 cm³/mol. The molecule has 0 bridgehead atoms. The van der Waals surface area contributed by atoms with Crippen molar-refractivity contribution >= 4 is 35.2 Å². The molecular formula is C28H21ClN4O2S. The highest BCUT2D eigenvalue weighted by Crippen LogP contribution is 2.34. The van der Waals surface area contributed by atoms with Gasteiger partial charge in [-0.2, -0.15) is 5.26 Å². The molecule has 2 amide bonds. The summed E-state index contributed by atoms with van der Waals surface area (Å²) in [5.74, 6) is -0.890. The topological polar surface area (TPSA) is 94.9 Å². The van der Waals surface area contributed by atoms with Gasteiger partial charge in [-0.25, -0.2) is 4.98 Å². The second kappa shape index (κ2) is 11.5. The van der Waals surface area contributed by atoms with E-state index in [0.29, 0.717) is 32.4 Å². The number of aromatic nitrogens is 1. The lowest BCUT2D eigenvalue weighted by Crippen LogP contribution is -2.42. The summed E-state index contributed by atoms with van der Waals surface area (Å²) in [5.41, 5.74) is 9.72. The molecule has 3 aromatic carbocycles. The first-order valence-electron chi connectivity index (χ1n) is 11.0. The lowest BCUT2D eigenvalue weighted by atomic mass is 9.99. The number of hydrogen-bond acceptors (Lipinski definition) is 5. The normalized spacial score (nSPS) is 10.4. The zero-order valence-corrected chi connectivity index (χ0v) is 20.9. The van der Waals surface area contributed by atoms with Gasteiger partial charge in [-0.3, -0.25) is 20.4 Å². The molecule has 8 heteroatoms. The van der Waals surface area contributed by atoms with Crippen LogP contribution < -0.4 is 10.9 Å². The second-order valence-corrected chi connectivity index (χ2v) is 9.28. The maximum absolute atomic E-state index is 12.5. The van der Waals surface area contributed by atoms with E-state index in [1.165, 1.54) is 0 Å². The molecular weight excluding hydrogens is 492 g/mol. The molecule has 0 saturated carbocycles. The average molecular weight is 513 g/mol. The van der Waals surface area contributed by atoms with Crippen LogP contribution in [0.4, 0.5) is 0 Å². The zero-order chi connectivity index (χ0) is 25.5. The SMILES string of the molecule is Cc1ccc(C(=O)NNC(=O)CSc2nc(-c3ccccc3)cc(-c3ccc(Cl)cc3)c2C#N)cc1. The van der Waals surface area contributed by atoms with Gasteiger partial charge in [-0.15, -0.1) is 0 Å². The number of hydrazine groups is 1. The molecule has 0 aliphatic rings. The van der Waals surface area contributed by atoms with Gasteiger partial charge in [0.05, 0.1) is 17.0 Å². The first-order valence-corrected chi connectivity index (χ1v) is 12.4. The third-order valence-electron chi connectivity index (χ3n) is 5.29. The summed E-state index contributed by atoms with van der Waals surface area (Å²) < 4.78 is 0. The van der Waals surface area contributed by atoms with Gasteiger partial charge >= 0.3 is 0 Å². The molecule has 4 aromatic rings. The maximum Gasteiger partial charge on any atom is 0.269 e. The summed E-state index contributed by atoms with van der Waals surface area (Å²) in [6.45, 7) is 1.93. The Kier molecular flexibility index (Phi) is 8.01. The fourth-order valence-electron chi connectivity index (χ4n) is 3.42. The van der Waals surface area contributed by atoms with Crippen LogP contribution in [0.3, 0.4) is 0 Å². The Hall–Kier alpha value is -4.12. The largest absolute Gasteiger partial charge is 0.272 e. The highest BCUT2D eigenvalue weighted by Gasteiger charge is 2.17. The average Bonchev–Trinajstić information content (AvgIpc) is 2.91. The number of nitrogens with one attached hydrogen (secondary N) is 2. The first kappa shape index (κ1) is 25.0. The van der Waals surface area contributed by atoms with Crippen molar-refractivity contribution in [2.45, 2.75) is 11.9 Å². The number of thioether (sulfide) groups is 1. The predicted octanol–water partition coefficient (Wildman–Crippen LogP) is 5.80. The standard InChI is InChI=1S/C28H21ClN4O2S/c1-18-7-9-21(10-8-18)27(35)33-32-26(34)17-36-28-24(16-30)23(19-11-13-22(29)14-12-19)15-25(31-28)20-5-3-2-4-6-20/h2-15H,17H2,1H3,(H,32,34)(H,33,35). The fraction of sp³-hybridized carbons (Fsp3) is 0.0714. The van der Waals surface area contributed by atoms with Crippen molar-refractivity contribution < 1.29 is 9.59 Å². The van der Waals surface area contributed by atoms with Crippen LogP contribution in [-0.2, 0) is 4.79 Å². The number of rotatable bonds is 6. The molecule has 0 radical (unpaired) electrons. The summed E-state index contributed by atoms with van der Waals surface area (Å²) in [7, 11) is 0. The molecule has 0 aliphatic carbocycles. The molecule has 4 rings (SSSR count). The van der Waals surface area contributed by atoms with Crippen molar-refractivity contribution in [3.63, 3.8) is 0 Å². The summed E-state index contributed by atoms with van der Waals surface area (Å²) in [5, 5.41) is 11.0. The molecule has 0 fully saturated rings. The molecule has 0 spiro atoms. The number of aryl methyl sites for hydroxylation is 1. The van der Waals surface area contributed by atoms with Crippen LogP contribution in [0.1, 0.15) is 21.5 Å². The Balaban J connectivity index is 1.56. The molecule has 0 aliphatic heterocycles. The number of benzene rings is 3. The van der Waals surface area contributed by atoms with Crippen LogP contribution >= 0.6 is 23.4 Å². The fourth-order valence-corrected chi connectivity index (χ4v) is 4.35. The van der Waals surface area contributed by atoms with Gasteiger partial charge in [-0.1, -0.05) is 83.5 Å². The van der Waals surface area contributed by atoms with Crippen molar-refractivity contribution in [3.05, 3.63) is 107 Å². The van der Waals surface area contributed by atoms with Crippen molar-refractivity contribution in [1.82, 2.24) is 15.8 Å².